The van der Waals surface area contributed by atoms with Gasteiger partial charge in [0.25, 0.3) is 0 Å². The second-order valence-electron chi connectivity index (χ2n) is 7.55. The summed E-state index contributed by atoms with van der Waals surface area (Å²) in [4.78, 5) is 11.4. The first-order valence-electron chi connectivity index (χ1n) is 10.9. The zero-order chi connectivity index (χ0) is 20.9. The largest absolute Gasteiger partial charge is 0.494 e. The molecule has 2 aromatic rings. The van der Waals surface area contributed by atoms with Gasteiger partial charge < -0.3 is 15.4 Å². The number of carbonyl (C=O) groups excluding carboxylic acids is 1. The number of unbranched alkanes of at least 4 members (excludes halogenated alkanes) is 2. The summed E-state index contributed by atoms with van der Waals surface area (Å²) in [5.74, 6) is 0.910. The third kappa shape index (κ3) is 8.70. The zero-order valence-corrected chi connectivity index (χ0v) is 18.2. The first-order chi connectivity index (χ1) is 14.1. The van der Waals surface area contributed by atoms with Gasteiger partial charge in [0.1, 0.15) is 5.75 Å². The molecule has 0 fully saturated rings. The molecule has 0 aliphatic rings. The van der Waals surface area contributed by atoms with E-state index in [0.29, 0.717) is 6.04 Å². The topological polar surface area (TPSA) is 50.4 Å². The van der Waals surface area contributed by atoms with Crippen molar-refractivity contribution in [1.29, 1.82) is 0 Å². The minimum Gasteiger partial charge on any atom is -0.494 e. The average molecular weight is 397 g/mol. The van der Waals surface area contributed by atoms with Crippen molar-refractivity contribution in [2.24, 2.45) is 0 Å². The molecule has 29 heavy (non-hydrogen) atoms. The molecule has 0 aromatic heterocycles. The van der Waals surface area contributed by atoms with E-state index in [0.717, 1.165) is 50.3 Å². The van der Waals surface area contributed by atoms with Crippen molar-refractivity contribution in [3.63, 3.8) is 0 Å². The number of hydrogen-bond donors (Lipinski definition) is 2. The van der Waals surface area contributed by atoms with E-state index in [1.165, 1.54) is 24.0 Å². The van der Waals surface area contributed by atoms with Crippen LogP contribution < -0.4 is 15.4 Å². The SMILES string of the molecule is CCCCOc1ccc(CCNC(CCCC)c2cccc(NC(C)=O)c2)cc1. The fourth-order valence-corrected chi connectivity index (χ4v) is 3.31. The van der Waals surface area contributed by atoms with Gasteiger partial charge in [0, 0.05) is 18.7 Å². The van der Waals surface area contributed by atoms with E-state index < -0.39 is 0 Å². The van der Waals surface area contributed by atoms with Gasteiger partial charge in [-0.1, -0.05) is 57.4 Å². The van der Waals surface area contributed by atoms with Crippen LogP contribution in [-0.4, -0.2) is 19.1 Å². The number of hydrogen-bond acceptors (Lipinski definition) is 3. The van der Waals surface area contributed by atoms with Crippen LogP contribution in [0.4, 0.5) is 5.69 Å². The number of amides is 1. The van der Waals surface area contributed by atoms with Crippen molar-refractivity contribution in [2.45, 2.75) is 65.3 Å². The Morgan fingerprint density at radius 3 is 2.48 bits per heavy atom. The summed E-state index contributed by atoms with van der Waals surface area (Å²) in [6, 6.07) is 16.9. The fraction of sp³-hybridized carbons (Fsp3) is 0.480. The van der Waals surface area contributed by atoms with E-state index in [-0.39, 0.29) is 5.91 Å². The molecule has 1 atom stereocenters. The maximum absolute atomic E-state index is 11.4. The number of anilines is 1. The summed E-state index contributed by atoms with van der Waals surface area (Å²) >= 11 is 0. The smallest absolute Gasteiger partial charge is 0.221 e. The molecule has 1 amide bonds. The van der Waals surface area contributed by atoms with Crippen molar-refractivity contribution >= 4 is 11.6 Å². The molecule has 0 aliphatic carbocycles. The summed E-state index contributed by atoms with van der Waals surface area (Å²) in [5.41, 5.74) is 3.39. The second-order valence-corrected chi connectivity index (χ2v) is 7.55. The van der Waals surface area contributed by atoms with E-state index in [2.05, 4.69) is 60.9 Å². The van der Waals surface area contributed by atoms with Crippen LogP contribution in [0.1, 0.15) is 70.0 Å². The molecule has 0 spiro atoms. The number of carbonyl (C=O) groups is 1. The van der Waals surface area contributed by atoms with Crippen LogP contribution >= 0.6 is 0 Å². The van der Waals surface area contributed by atoms with Crippen molar-refractivity contribution in [2.75, 3.05) is 18.5 Å². The normalized spacial score (nSPS) is 11.8. The minimum absolute atomic E-state index is 0.0395. The van der Waals surface area contributed by atoms with Gasteiger partial charge in [0.05, 0.1) is 6.61 Å². The van der Waals surface area contributed by atoms with Crippen molar-refractivity contribution in [3.05, 3.63) is 59.7 Å². The van der Waals surface area contributed by atoms with E-state index in [1.54, 1.807) is 6.92 Å². The first-order valence-corrected chi connectivity index (χ1v) is 10.9. The number of rotatable bonds is 13. The quantitative estimate of drug-likeness (QED) is 0.415. The Hall–Kier alpha value is -2.33. The Kier molecular flexibility index (Phi) is 10.3. The van der Waals surface area contributed by atoms with Gasteiger partial charge in [0.15, 0.2) is 0 Å². The van der Waals surface area contributed by atoms with Crippen LogP contribution in [0.5, 0.6) is 5.75 Å². The van der Waals surface area contributed by atoms with Crippen LogP contribution in [0, 0.1) is 0 Å². The standard InChI is InChI=1S/C25H36N2O2/c1-4-6-11-25(22-9-8-10-23(19-22)27-20(3)28)26-17-16-21-12-14-24(15-13-21)29-18-7-5-2/h8-10,12-15,19,25-26H,4-7,11,16-18H2,1-3H3,(H,27,28). The molecule has 4 nitrogen and oxygen atoms in total. The summed E-state index contributed by atoms with van der Waals surface area (Å²) in [7, 11) is 0. The Morgan fingerprint density at radius 2 is 1.79 bits per heavy atom. The lowest BCUT2D eigenvalue weighted by Gasteiger charge is -2.20. The lowest BCUT2D eigenvalue weighted by Crippen LogP contribution is -2.24. The van der Waals surface area contributed by atoms with Gasteiger partial charge >= 0.3 is 0 Å². The Morgan fingerprint density at radius 1 is 1.03 bits per heavy atom. The molecule has 158 valence electrons. The fourth-order valence-electron chi connectivity index (χ4n) is 3.31. The highest BCUT2D eigenvalue weighted by atomic mass is 16.5. The van der Waals surface area contributed by atoms with Crippen LogP contribution in [0.15, 0.2) is 48.5 Å². The van der Waals surface area contributed by atoms with Crippen LogP contribution in [0.2, 0.25) is 0 Å². The maximum Gasteiger partial charge on any atom is 0.221 e. The molecule has 0 aliphatic heterocycles. The van der Waals surface area contributed by atoms with Crippen LogP contribution in [-0.2, 0) is 11.2 Å². The maximum atomic E-state index is 11.4. The van der Waals surface area contributed by atoms with Gasteiger partial charge in [-0.25, -0.2) is 0 Å². The molecular weight excluding hydrogens is 360 g/mol. The molecule has 0 bridgehead atoms. The monoisotopic (exact) mass is 396 g/mol. The molecule has 0 heterocycles. The number of ether oxygens (including phenoxy) is 1. The van der Waals surface area contributed by atoms with Gasteiger partial charge in [0.2, 0.25) is 5.91 Å². The molecule has 4 heteroatoms. The highest BCUT2D eigenvalue weighted by Crippen LogP contribution is 2.23. The third-order valence-electron chi connectivity index (χ3n) is 4.95. The molecule has 0 saturated carbocycles. The summed E-state index contributed by atoms with van der Waals surface area (Å²) in [5, 5.41) is 6.60. The number of benzene rings is 2. The second kappa shape index (κ2) is 13.0. The van der Waals surface area contributed by atoms with Gasteiger partial charge in [-0.05, 0) is 61.2 Å². The molecular formula is C25H36N2O2. The summed E-state index contributed by atoms with van der Waals surface area (Å²) < 4.78 is 5.74. The summed E-state index contributed by atoms with van der Waals surface area (Å²) in [6.07, 6.45) is 6.65. The lowest BCUT2D eigenvalue weighted by molar-refractivity contribution is -0.114. The molecule has 0 saturated heterocycles. The molecule has 2 rings (SSSR count). The van der Waals surface area contributed by atoms with Crippen molar-refractivity contribution in [3.8, 4) is 5.75 Å². The predicted octanol–water partition coefficient (Wildman–Crippen LogP) is 5.89. The van der Waals surface area contributed by atoms with Gasteiger partial charge in [-0.2, -0.15) is 0 Å². The summed E-state index contributed by atoms with van der Waals surface area (Å²) in [6.45, 7) is 7.63. The van der Waals surface area contributed by atoms with E-state index >= 15 is 0 Å². The average Bonchev–Trinajstić information content (AvgIpc) is 2.71. The Balaban J connectivity index is 1.91. The highest BCUT2D eigenvalue weighted by Gasteiger charge is 2.11. The lowest BCUT2D eigenvalue weighted by atomic mass is 10.00. The zero-order valence-electron chi connectivity index (χ0n) is 18.2. The number of nitrogens with one attached hydrogen (secondary N) is 2. The van der Waals surface area contributed by atoms with Crippen LogP contribution in [0.25, 0.3) is 0 Å². The van der Waals surface area contributed by atoms with Gasteiger partial charge in [-0.15, -0.1) is 0 Å². The third-order valence-corrected chi connectivity index (χ3v) is 4.95. The Labute approximate surface area is 176 Å². The van der Waals surface area contributed by atoms with Gasteiger partial charge in [-0.3, -0.25) is 4.79 Å². The molecule has 1 unspecified atom stereocenters. The Bertz CT molecular complexity index is 728. The molecule has 2 N–H and O–H groups in total. The van der Waals surface area contributed by atoms with Crippen molar-refractivity contribution < 1.29 is 9.53 Å². The first kappa shape index (κ1) is 23.0. The predicted molar refractivity (Wildman–Crippen MR) is 122 cm³/mol. The van der Waals surface area contributed by atoms with E-state index in [1.807, 2.05) is 12.1 Å². The molecule has 0 radical (unpaired) electrons. The molecule has 2 aromatic carbocycles. The highest BCUT2D eigenvalue weighted by molar-refractivity contribution is 5.88. The van der Waals surface area contributed by atoms with E-state index in [4.69, 9.17) is 4.74 Å². The minimum atomic E-state index is -0.0395. The van der Waals surface area contributed by atoms with Crippen molar-refractivity contribution in [1.82, 2.24) is 5.32 Å². The van der Waals surface area contributed by atoms with Crippen LogP contribution in [0.3, 0.4) is 0 Å². The van der Waals surface area contributed by atoms with E-state index in [9.17, 15) is 4.79 Å².